The highest BCUT2D eigenvalue weighted by Crippen LogP contribution is 2.16. The van der Waals surface area contributed by atoms with Gasteiger partial charge in [0.05, 0.1) is 6.61 Å². The lowest BCUT2D eigenvalue weighted by molar-refractivity contribution is 0.203. The van der Waals surface area contributed by atoms with Crippen LogP contribution in [0.1, 0.15) is 25.7 Å². The quantitative estimate of drug-likeness (QED) is 0.816. The second-order valence-corrected chi connectivity index (χ2v) is 5.62. The van der Waals surface area contributed by atoms with Crippen molar-refractivity contribution in [3.05, 3.63) is 29.3 Å². The molecule has 0 radical (unpaired) electrons. The van der Waals surface area contributed by atoms with E-state index in [1.54, 1.807) is 0 Å². The molecule has 0 aromatic heterocycles. The van der Waals surface area contributed by atoms with E-state index in [0.717, 1.165) is 56.3 Å². The maximum atomic E-state index is 5.89. The van der Waals surface area contributed by atoms with Crippen LogP contribution in [0.2, 0.25) is 5.02 Å². The Balaban J connectivity index is 1.53. The minimum atomic E-state index is 0.421. The van der Waals surface area contributed by atoms with Gasteiger partial charge in [0.15, 0.2) is 0 Å². The van der Waals surface area contributed by atoms with Crippen LogP contribution in [0.4, 0.5) is 0 Å². The van der Waals surface area contributed by atoms with Gasteiger partial charge in [-0.1, -0.05) is 11.6 Å². The first kappa shape index (κ1) is 14.6. The van der Waals surface area contributed by atoms with Crippen molar-refractivity contribution >= 4 is 11.6 Å². The summed E-state index contributed by atoms with van der Waals surface area (Å²) in [7, 11) is 0. The Morgan fingerprint density at radius 2 is 1.84 bits per heavy atom. The molecule has 1 heterocycles. The molecule has 19 heavy (non-hydrogen) atoms. The summed E-state index contributed by atoms with van der Waals surface area (Å²) in [6, 6.07) is 7.95. The largest absolute Gasteiger partial charge is 0.494 e. The molecule has 0 unspecified atom stereocenters. The lowest BCUT2D eigenvalue weighted by atomic mass is 10.1. The second-order valence-electron chi connectivity index (χ2n) is 5.19. The molecule has 1 aliphatic rings. The highest BCUT2D eigenvalue weighted by Gasteiger charge is 2.14. The Morgan fingerprint density at radius 3 is 2.53 bits per heavy atom. The van der Waals surface area contributed by atoms with E-state index in [4.69, 9.17) is 22.1 Å². The topological polar surface area (TPSA) is 38.5 Å². The fourth-order valence-electron chi connectivity index (χ4n) is 2.33. The van der Waals surface area contributed by atoms with E-state index in [0.29, 0.717) is 6.04 Å². The fourth-order valence-corrected chi connectivity index (χ4v) is 2.46. The average molecular weight is 283 g/mol. The normalized spacial score (nSPS) is 17.6. The Bertz CT molecular complexity index is 361. The van der Waals surface area contributed by atoms with Gasteiger partial charge in [0.1, 0.15) is 5.75 Å². The molecule has 4 heteroatoms. The van der Waals surface area contributed by atoms with Gasteiger partial charge in [-0.05, 0) is 69.6 Å². The van der Waals surface area contributed by atoms with Crippen molar-refractivity contribution in [1.82, 2.24) is 4.90 Å². The van der Waals surface area contributed by atoms with Crippen LogP contribution in [0.25, 0.3) is 0 Å². The number of piperidine rings is 1. The van der Waals surface area contributed by atoms with E-state index in [2.05, 4.69) is 4.90 Å². The minimum absolute atomic E-state index is 0.421. The van der Waals surface area contributed by atoms with Crippen molar-refractivity contribution in [1.29, 1.82) is 0 Å². The summed E-state index contributed by atoms with van der Waals surface area (Å²) in [4.78, 5) is 2.51. The lowest BCUT2D eigenvalue weighted by Gasteiger charge is -2.29. The molecule has 3 nitrogen and oxygen atoms in total. The molecular weight excluding hydrogens is 260 g/mol. The monoisotopic (exact) mass is 282 g/mol. The summed E-state index contributed by atoms with van der Waals surface area (Å²) in [5.41, 5.74) is 5.89. The first-order valence-electron chi connectivity index (χ1n) is 7.10. The van der Waals surface area contributed by atoms with Gasteiger partial charge in [0.2, 0.25) is 0 Å². The molecule has 1 aromatic rings. The second kappa shape index (κ2) is 7.73. The summed E-state index contributed by atoms with van der Waals surface area (Å²) >= 11 is 5.82. The molecule has 1 fully saturated rings. The van der Waals surface area contributed by atoms with Gasteiger partial charge in [-0.15, -0.1) is 0 Å². The Hall–Kier alpha value is -0.770. The molecule has 0 aliphatic carbocycles. The summed E-state index contributed by atoms with van der Waals surface area (Å²) < 4.78 is 5.67. The number of rotatable bonds is 6. The maximum absolute atomic E-state index is 5.89. The lowest BCUT2D eigenvalue weighted by Crippen LogP contribution is -2.40. The number of benzene rings is 1. The number of hydrogen-bond donors (Lipinski definition) is 1. The van der Waals surface area contributed by atoms with E-state index >= 15 is 0 Å². The third-order valence-electron chi connectivity index (χ3n) is 3.58. The Morgan fingerprint density at radius 1 is 1.16 bits per heavy atom. The third kappa shape index (κ3) is 5.39. The molecule has 1 aliphatic heterocycles. The average Bonchev–Trinajstić information content (AvgIpc) is 2.43. The molecule has 106 valence electrons. The van der Waals surface area contributed by atoms with Crippen LogP contribution in [0.15, 0.2) is 24.3 Å². The van der Waals surface area contributed by atoms with Crippen molar-refractivity contribution < 1.29 is 4.74 Å². The van der Waals surface area contributed by atoms with Crippen LogP contribution in [0.3, 0.4) is 0 Å². The van der Waals surface area contributed by atoms with Crippen molar-refractivity contribution in [2.24, 2.45) is 5.73 Å². The summed E-state index contributed by atoms with van der Waals surface area (Å²) in [5.74, 6) is 0.897. The zero-order valence-corrected chi connectivity index (χ0v) is 12.1. The number of likely N-dealkylation sites (tertiary alicyclic amines) is 1. The number of unbranched alkanes of at least 4 members (excludes halogenated alkanes) is 1. The van der Waals surface area contributed by atoms with Crippen LogP contribution in [0, 0.1) is 0 Å². The predicted octanol–water partition coefficient (Wildman–Crippen LogP) is 2.92. The van der Waals surface area contributed by atoms with E-state index < -0.39 is 0 Å². The smallest absolute Gasteiger partial charge is 0.119 e. The van der Waals surface area contributed by atoms with Crippen molar-refractivity contribution in [2.75, 3.05) is 26.2 Å². The molecular formula is C15H23ClN2O. The van der Waals surface area contributed by atoms with Gasteiger partial charge < -0.3 is 15.4 Å². The van der Waals surface area contributed by atoms with Gasteiger partial charge in [-0.25, -0.2) is 0 Å². The van der Waals surface area contributed by atoms with E-state index in [9.17, 15) is 0 Å². The standard InChI is InChI=1S/C15H23ClN2O/c16-13-3-5-15(6-4-13)19-12-2-1-9-18-10-7-14(17)8-11-18/h3-6,14H,1-2,7-12,17H2. The first-order chi connectivity index (χ1) is 9.24. The highest BCUT2D eigenvalue weighted by atomic mass is 35.5. The van der Waals surface area contributed by atoms with Gasteiger partial charge in [0.25, 0.3) is 0 Å². The third-order valence-corrected chi connectivity index (χ3v) is 3.84. The molecule has 0 amide bonds. The van der Waals surface area contributed by atoms with E-state index in [1.807, 2.05) is 24.3 Å². The molecule has 1 saturated heterocycles. The van der Waals surface area contributed by atoms with Gasteiger partial charge >= 0.3 is 0 Å². The molecule has 1 aromatic carbocycles. The molecule has 0 bridgehead atoms. The summed E-state index contributed by atoms with van der Waals surface area (Å²) in [5, 5.41) is 0.746. The molecule has 0 atom stereocenters. The van der Waals surface area contributed by atoms with Crippen LogP contribution in [-0.2, 0) is 0 Å². The van der Waals surface area contributed by atoms with E-state index in [-0.39, 0.29) is 0 Å². The number of ether oxygens (including phenoxy) is 1. The van der Waals surface area contributed by atoms with Crippen molar-refractivity contribution in [3.63, 3.8) is 0 Å². The van der Waals surface area contributed by atoms with Crippen molar-refractivity contribution in [3.8, 4) is 5.75 Å². The number of halogens is 1. The molecule has 0 saturated carbocycles. The van der Waals surface area contributed by atoms with Gasteiger partial charge in [-0.3, -0.25) is 0 Å². The van der Waals surface area contributed by atoms with Crippen LogP contribution < -0.4 is 10.5 Å². The highest BCUT2D eigenvalue weighted by molar-refractivity contribution is 6.30. The Kier molecular flexibility index (Phi) is 5.95. The summed E-state index contributed by atoms with van der Waals surface area (Å²) in [6.07, 6.45) is 4.55. The molecule has 0 spiro atoms. The molecule has 2 rings (SSSR count). The first-order valence-corrected chi connectivity index (χ1v) is 7.48. The van der Waals surface area contributed by atoms with E-state index in [1.165, 1.54) is 6.42 Å². The SMILES string of the molecule is NC1CCN(CCCCOc2ccc(Cl)cc2)CC1. The molecule has 2 N–H and O–H groups in total. The zero-order chi connectivity index (χ0) is 13.5. The van der Waals surface area contributed by atoms with Crippen LogP contribution in [-0.4, -0.2) is 37.2 Å². The minimum Gasteiger partial charge on any atom is -0.494 e. The zero-order valence-electron chi connectivity index (χ0n) is 11.4. The fraction of sp³-hybridized carbons (Fsp3) is 0.600. The number of hydrogen-bond acceptors (Lipinski definition) is 3. The van der Waals surface area contributed by atoms with Crippen LogP contribution >= 0.6 is 11.6 Å². The van der Waals surface area contributed by atoms with Gasteiger partial charge in [0, 0.05) is 11.1 Å². The van der Waals surface area contributed by atoms with Gasteiger partial charge in [-0.2, -0.15) is 0 Å². The Labute approximate surface area is 120 Å². The number of nitrogens with zero attached hydrogens (tertiary/aromatic N) is 1. The maximum Gasteiger partial charge on any atom is 0.119 e. The van der Waals surface area contributed by atoms with Crippen LogP contribution in [0.5, 0.6) is 5.75 Å². The summed E-state index contributed by atoms with van der Waals surface area (Å²) in [6.45, 7) is 4.24. The predicted molar refractivity (Wildman–Crippen MR) is 79.8 cm³/mol. The number of nitrogens with two attached hydrogens (primary N) is 1. The van der Waals surface area contributed by atoms with Crippen molar-refractivity contribution in [2.45, 2.75) is 31.7 Å².